The fourth-order valence-corrected chi connectivity index (χ4v) is 1.89. The predicted octanol–water partition coefficient (Wildman–Crippen LogP) is 2.09. The predicted molar refractivity (Wildman–Crippen MR) is 69.8 cm³/mol. The zero-order valence-electron chi connectivity index (χ0n) is 9.30. The van der Waals surface area contributed by atoms with E-state index in [9.17, 15) is 4.79 Å². The molecule has 2 aromatic rings. The first-order chi connectivity index (χ1) is 8.58. The van der Waals surface area contributed by atoms with Gasteiger partial charge in [-0.2, -0.15) is 0 Å². The summed E-state index contributed by atoms with van der Waals surface area (Å²) in [5, 5.41) is 7.51. The number of rotatable bonds is 3. The molecule has 0 spiro atoms. The summed E-state index contributed by atoms with van der Waals surface area (Å²) in [6, 6.07) is 3.44. The molecule has 2 rings (SSSR count). The van der Waals surface area contributed by atoms with Gasteiger partial charge in [0.1, 0.15) is 10.9 Å². The first-order valence-electron chi connectivity index (χ1n) is 4.90. The lowest BCUT2D eigenvalue weighted by atomic mass is 10.3. The number of pyridine rings is 1. The van der Waals surface area contributed by atoms with Crippen molar-refractivity contribution in [3.8, 4) is 0 Å². The minimum absolute atomic E-state index is 0.0516. The van der Waals surface area contributed by atoms with E-state index in [-0.39, 0.29) is 12.3 Å². The Morgan fingerprint density at radius 2 is 2.22 bits per heavy atom. The van der Waals surface area contributed by atoms with Gasteiger partial charge in [0.25, 0.3) is 0 Å². The second kappa shape index (κ2) is 5.57. The largest absolute Gasteiger partial charge is 0.453 e. The molecule has 0 amide bonds. The van der Waals surface area contributed by atoms with Crippen molar-refractivity contribution in [2.24, 2.45) is 7.05 Å². The van der Waals surface area contributed by atoms with Crippen molar-refractivity contribution in [1.82, 2.24) is 19.7 Å². The average Bonchev–Trinajstić information content (AvgIpc) is 2.75. The molecule has 0 radical (unpaired) electrons. The Balaban J connectivity index is 2.08. The number of nitrogens with zero attached hydrogens (tertiary/aromatic N) is 4. The minimum Gasteiger partial charge on any atom is -0.453 e. The monoisotopic (exact) mass is 374 g/mol. The van der Waals surface area contributed by atoms with Gasteiger partial charge in [0.2, 0.25) is 0 Å². The number of aryl methyl sites for hydroxylation is 1. The summed E-state index contributed by atoms with van der Waals surface area (Å²) in [6.07, 6.45) is 1.54. The fraction of sp³-hybridized carbons (Fsp3) is 0.200. The Morgan fingerprint density at radius 3 is 2.89 bits per heavy atom. The maximum absolute atomic E-state index is 11.8. The second-order valence-corrected chi connectivity index (χ2v) is 5.07. The van der Waals surface area contributed by atoms with E-state index in [4.69, 9.17) is 4.74 Å². The van der Waals surface area contributed by atoms with Crippen LogP contribution in [0, 0.1) is 0 Å². The molecule has 18 heavy (non-hydrogen) atoms. The second-order valence-electron chi connectivity index (χ2n) is 3.40. The van der Waals surface area contributed by atoms with Crippen LogP contribution in [-0.4, -0.2) is 25.7 Å². The Hall–Kier alpha value is -1.28. The SMILES string of the molecule is Cn1cnnc1COC(=O)c1nc(Br)ccc1Br. The van der Waals surface area contributed by atoms with E-state index in [0.29, 0.717) is 14.9 Å². The molecular weight excluding hydrogens is 368 g/mol. The van der Waals surface area contributed by atoms with E-state index in [0.717, 1.165) is 0 Å². The summed E-state index contributed by atoms with van der Waals surface area (Å²) in [5.41, 5.74) is 0.214. The van der Waals surface area contributed by atoms with Crippen LogP contribution in [0.15, 0.2) is 27.5 Å². The number of aromatic nitrogens is 4. The minimum atomic E-state index is -0.522. The number of hydrogen-bond acceptors (Lipinski definition) is 5. The van der Waals surface area contributed by atoms with E-state index in [2.05, 4.69) is 47.0 Å². The number of hydrogen-bond donors (Lipinski definition) is 0. The van der Waals surface area contributed by atoms with Gasteiger partial charge in [-0.3, -0.25) is 0 Å². The van der Waals surface area contributed by atoms with Crippen LogP contribution in [0.3, 0.4) is 0 Å². The van der Waals surface area contributed by atoms with Gasteiger partial charge in [-0.25, -0.2) is 9.78 Å². The average molecular weight is 376 g/mol. The molecule has 2 heterocycles. The summed E-state index contributed by atoms with van der Waals surface area (Å²) in [6.45, 7) is 0.0516. The maximum atomic E-state index is 11.8. The summed E-state index contributed by atoms with van der Waals surface area (Å²) in [4.78, 5) is 15.9. The normalized spacial score (nSPS) is 10.4. The van der Waals surface area contributed by atoms with Crippen molar-refractivity contribution < 1.29 is 9.53 Å². The Bertz CT molecular complexity index is 585. The number of carbonyl (C=O) groups excluding carboxylic acids is 1. The third-order valence-electron chi connectivity index (χ3n) is 2.14. The molecular formula is C10H8Br2N4O2. The van der Waals surface area contributed by atoms with Gasteiger partial charge < -0.3 is 9.30 Å². The summed E-state index contributed by atoms with van der Waals surface area (Å²) >= 11 is 6.45. The highest BCUT2D eigenvalue weighted by atomic mass is 79.9. The summed E-state index contributed by atoms with van der Waals surface area (Å²) in [5.74, 6) is 0.0423. The van der Waals surface area contributed by atoms with Crippen LogP contribution in [0.5, 0.6) is 0 Å². The van der Waals surface area contributed by atoms with Crippen LogP contribution < -0.4 is 0 Å². The van der Waals surface area contributed by atoms with Crippen LogP contribution in [0.2, 0.25) is 0 Å². The highest BCUT2D eigenvalue weighted by Gasteiger charge is 2.15. The van der Waals surface area contributed by atoms with Crippen molar-refractivity contribution >= 4 is 37.8 Å². The van der Waals surface area contributed by atoms with Crippen LogP contribution in [0.4, 0.5) is 0 Å². The van der Waals surface area contributed by atoms with Crippen LogP contribution in [-0.2, 0) is 18.4 Å². The van der Waals surface area contributed by atoms with Gasteiger partial charge in [-0.05, 0) is 44.0 Å². The molecule has 6 nitrogen and oxygen atoms in total. The van der Waals surface area contributed by atoms with Crippen molar-refractivity contribution in [1.29, 1.82) is 0 Å². The molecule has 0 aliphatic carbocycles. The topological polar surface area (TPSA) is 69.9 Å². The third-order valence-corrected chi connectivity index (χ3v) is 3.22. The van der Waals surface area contributed by atoms with E-state index >= 15 is 0 Å². The molecule has 0 saturated heterocycles. The molecule has 94 valence electrons. The first-order valence-corrected chi connectivity index (χ1v) is 6.48. The Labute approximate surface area is 120 Å². The van der Waals surface area contributed by atoms with Crippen molar-refractivity contribution in [2.75, 3.05) is 0 Å². The van der Waals surface area contributed by atoms with E-state index in [1.807, 2.05) is 0 Å². The first kappa shape index (κ1) is 13.2. The number of carbonyl (C=O) groups is 1. The van der Waals surface area contributed by atoms with E-state index in [1.165, 1.54) is 6.33 Å². The van der Waals surface area contributed by atoms with Gasteiger partial charge >= 0.3 is 5.97 Å². The van der Waals surface area contributed by atoms with Gasteiger partial charge in [-0.15, -0.1) is 10.2 Å². The van der Waals surface area contributed by atoms with Gasteiger partial charge in [0.05, 0.1) is 4.47 Å². The van der Waals surface area contributed by atoms with Crippen LogP contribution in [0.1, 0.15) is 16.3 Å². The molecule has 0 aliphatic rings. The highest BCUT2D eigenvalue weighted by Crippen LogP contribution is 2.19. The van der Waals surface area contributed by atoms with E-state index in [1.54, 1.807) is 23.7 Å². The van der Waals surface area contributed by atoms with Gasteiger partial charge in [0.15, 0.2) is 18.1 Å². The molecule has 0 aliphatic heterocycles. The highest BCUT2D eigenvalue weighted by molar-refractivity contribution is 9.11. The quantitative estimate of drug-likeness (QED) is 0.606. The molecule has 0 N–H and O–H groups in total. The fourth-order valence-electron chi connectivity index (χ4n) is 1.20. The molecule has 2 aromatic heterocycles. The molecule has 0 atom stereocenters. The van der Waals surface area contributed by atoms with Gasteiger partial charge in [0, 0.05) is 7.05 Å². The van der Waals surface area contributed by atoms with Gasteiger partial charge in [-0.1, -0.05) is 0 Å². The maximum Gasteiger partial charge on any atom is 0.358 e. The summed E-state index contributed by atoms with van der Waals surface area (Å²) < 4.78 is 7.93. The number of esters is 1. The van der Waals surface area contributed by atoms with Crippen molar-refractivity contribution in [2.45, 2.75) is 6.61 Å². The van der Waals surface area contributed by atoms with Crippen molar-refractivity contribution in [3.05, 3.63) is 39.1 Å². The Kier molecular flexibility index (Phi) is 4.07. The molecule has 0 unspecified atom stereocenters. The van der Waals surface area contributed by atoms with Crippen molar-refractivity contribution in [3.63, 3.8) is 0 Å². The smallest absolute Gasteiger partial charge is 0.358 e. The van der Waals surface area contributed by atoms with Crippen LogP contribution in [0.25, 0.3) is 0 Å². The molecule has 8 heteroatoms. The zero-order valence-corrected chi connectivity index (χ0v) is 12.5. The van der Waals surface area contributed by atoms with E-state index < -0.39 is 5.97 Å². The number of halogens is 2. The molecule has 0 saturated carbocycles. The molecule has 0 aromatic carbocycles. The molecule has 0 bridgehead atoms. The lowest BCUT2D eigenvalue weighted by Crippen LogP contribution is -2.10. The Morgan fingerprint density at radius 1 is 1.44 bits per heavy atom. The lowest BCUT2D eigenvalue weighted by Gasteiger charge is -2.05. The van der Waals surface area contributed by atoms with Crippen LogP contribution >= 0.6 is 31.9 Å². The lowest BCUT2D eigenvalue weighted by molar-refractivity contribution is 0.0450. The molecule has 0 fully saturated rings. The summed E-state index contributed by atoms with van der Waals surface area (Å²) in [7, 11) is 1.77. The number of ether oxygens (including phenoxy) is 1. The zero-order chi connectivity index (χ0) is 13.1. The third kappa shape index (κ3) is 2.94. The standard InChI is InChI=1S/C10H8Br2N4O2/c1-16-5-13-15-8(16)4-18-10(17)9-6(11)2-3-7(12)14-9/h2-3,5H,4H2,1H3.